The molecule has 0 radical (unpaired) electrons. The van der Waals surface area contributed by atoms with E-state index in [0.717, 1.165) is 31.6 Å². The van der Waals surface area contributed by atoms with Gasteiger partial charge >= 0.3 is 0 Å². The van der Waals surface area contributed by atoms with E-state index in [-0.39, 0.29) is 24.2 Å². The summed E-state index contributed by atoms with van der Waals surface area (Å²) in [5.74, 6) is -0.144. The van der Waals surface area contributed by atoms with Gasteiger partial charge in [0.05, 0.1) is 18.7 Å². The van der Waals surface area contributed by atoms with Crippen molar-refractivity contribution >= 4 is 11.8 Å². The van der Waals surface area contributed by atoms with Gasteiger partial charge in [0, 0.05) is 32.7 Å². The van der Waals surface area contributed by atoms with Crippen LogP contribution in [-0.4, -0.2) is 60.9 Å². The number of ether oxygens (including phenoxy) is 1. The van der Waals surface area contributed by atoms with E-state index in [1.54, 1.807) is 35.2 Å². The van der Waals surface area contributed by atoms with E-state index in [0.29, 0.717) is 31.0 Å². The van der Waals surface area contributed by atoms with E-state index in [1.165, 1.54) is 12.1 Å². The Bertz CT molecular complexity index is 857. The molecule has 2 aromatic rings. The number of hydrogen-bond donors (Lipinski definition) is 1. The van der Waals surface area contributed by atoms with Crippen LogP contribution in [0.15, 0.2) is 48.5 Å². The third-order valence-electron chi connectivity index (χ3n) is 5.09. The molecule has 0 bridgehead atoms. The minimum Gasteiger partial charge on any atom is -0.493 e. The van der Waals surface area contributed by atoms with Crippen LogP contribution in [0.3, 0.4) is 0 Å². The number of para-hydroxylation sites is 1. The Kier molecular flexibility index (Phi) is 7.79. The lowest BCUT2D eigenvalue weighted by Gasteiger charge is -2.22. The number of hydrogen-bond acceptors (Lipinski definition) is 4. The summed E-state index contributed by atoms with van der Waals surface area (Å²) >= 11 is 0. The molecule has 0 aromatic heterocycles. The molecular weight excluding hydrogens is 385 g/mol. The number of benzene rings is 2. The van der Waals surface area contributed by atoms with Gasteiger partial charge < -0.3 is 15.0 Å². The topological polar surface area (TPSA) is 61.9 Å². The molecule has 0 spiro atoms. The summed E-state index contributed by atoms with van der Waals surface area (Å²) in [4.78, 5) is 29.1. The molecule has 2 amide bonds. The molecular formula is C23H28FN3O3. The van der Waals surface area contributed by atoms with Crippen molar-refractivity contribution in [3.8, 4) is 5.75 Å². The summed E-state index contributed by atoms with van der Waals surface area (Å²) in [6, 6.07) is 13.5. The zero-order valence-corrected chi connectivity index (χ0v) is 17.3. The van der Waals surface area contributed by atoms with Crippen LogP contribution >= 0.6 is 0 Å². The van der Waals surface area contributed by atoms with Gasteiger partial charge in [0.25, 0.3) is 5.91 Å². The molecule has 7 heteroatoms. The van der Waals surface area contributed by atoms with Crippen molar-refractivity contribution in [2.24, 2.45) is 0 Å². The van der Waals surface area contributed by atoms with Gasteiger partial charge in [-0.3, -0.25) is 14.5 Å². The maximum atomic E-state index is 13.1. The summed E-state index contributed by atoms with van der Waals surface area (Å²) < 4.78 is 18.6. The van der Waals surface area contributed by atoms with Crippen LogP contribution in [0.1, 0.15) is 29.3 Å². The Morgan fingerprint density at radius 2 is 1.80 bits per heavy atom. The van der Waals surface area contributed by atoms with E-state index in [2.05, 4.69) is 10.2 Å². The third kappa shape index (κ3) is 6.03. The molecule has 1 aliphatic rings. The van der Waals surface area contributed by atoms with E-state index >= 15 is 0 Å². The fourth-order valence-corrected chi connectivity index (χ4v) is 3.52. The van der Waals surface area contributed by atoms with Crippen LogP contribution in [0.5, 0.6) is 5.75 Å². The molecule has 6 nitrogen and oxygen atoms in total. The van der Waals surface area contributed by atoms with Crippen molar-refractivity contribution in [3.63, 3.8) is 0 Å². The number of rotatable bonds is 7. The number of amides is 2. The Balaban J connectivity index is 1.49. The number of carbonyl (C=O) groups excluding carboxylic acids is 2. The highest BCUT2D eigenvalue weighted by molar-refractivity contribution is 5.98. The lowest BCUT2D eigenvalue weighted by Crippen LogP contribution is -2.42. The van der Waals surface area contributed by atoms with Gasteiger partial charge in [-0.2, -0.15) is 0 Å². The van der Waals surface area contributed by atoms with Gasteiger partial charge in [-0.05, 0) is 43.2 Å². The maximum Gasteiger partial charge on any atom is 0.255 e. The van der Waals surface area contributed by atoms with Crippen molar-refractivity contribution < 1.29 is 18.7 Å². The van der Waals surface area contributed by atoms with Gasteiger partial charge in [-0.15, -0.1) is 0 Å². The predicted octanol–water partition coefficient (Wildman–Crippen LogP) is 2.69. The molecule has 0 aliphatic carbocycles. The Morgan fingerprint density at radius 1 is 1.03 bits per heavy atom. The van der Waals surface area contributed by atoms with E-state index in [1.807, 2.05) is 13.0 Å². The number of halogens is 1. The summed E-state index contributed by atoms with van der Waals surface area (Å²) in [7, 11) is 0. The monoisotopic (exact) mass is 413 g/mol. The molecule has 0 unspecified atom stereocenters. The van der Waals surface area contributed by atoms with Crippen LogP contribution in [0.4, 0.5) is 4.39 Å². The third-order valence-corrected chi connectivity index (χ3v) is 5.09. The highest BCUT2D eigenvalue weighted by Gasteiger charge is 2.20. The molecule has 0 atom stereocenters. The van der Waals surface area contributed by atoms with Crippen molar-refractivity contribution in [2.75, 3.05) is 39.3 Å². The smallest absolute Gasteiger partial charge is 0.255 e. The summed E-state index contributed by atoms with van der Waals surface area (Å²) in [6.07, 6.45) is 0.855. The number of nitrogens with zero attached hydrogens (tertiary/aromatic N) is 2. The first-order valence-corrected chi connectivity index (χ1v) is 10.3. The van der Waals surface area contributed by atoms with Gasteiger partial charge in [0.15, 0.2) is 0 Å². The average Bonchev–Trinajstić information content (AvgIpc) is 3.00. The Labute approximate surface area is 176 Å². The van der Waals surface area contributed by atoms with Crippen LogP contribution in [-0.2, 0) is 11.3 Å². The molecule has 1 heterocycles. The quantitative estimate of drug-likeness (QED) is 0.758. The summed E-state index contributed by atoms with van der Waals surface area (Å²) in [5, 5.41) is 2.71. The van der Waals surface area contributed by atoms with Crippen LogP contribution in [0.2, 0.25) is 0 Å². The van der Waals surface area contributed by atoms with Crippen LogP contribution < -0.4 is 10.1 Å². The molecule has 1 fully saturated rings. The van der Waals surface area contributed by atoms with E-state index < -0.39 is 0 Å². The van der Waals surface area contributed by atoms with Crippen molar-refractivity contribution in [1.29, 1.82) is 0 Å². The Hall–Kier alpha value is -2.93. The lowest BCUT2D eigenvalue weighted by atomic mass is 10.2. The molecule has 160 valence electrons. The zero-order chi connectivity index (χ0) is 21.3. The molecule has 0 saturated carbocycles. The first-order valence-electron chi connectivity index (χ1n) is 10.3. The normalized spacial score (nSPS) is 14.8. The van der Waals surface area contributed by atoms with Gasteiger partial charge in [-0.25, -0.2) is 4.39 Å². The first kappa shape index (κ1) is 21.8. The minimum atomic E-state index is -0.319. The molecule has 1 saturated heterocycles. The van der Waals surface area contributed by atoms with Crippen molar-refractivity contribution in [3.05, 3.63) is 65.5 Å². The molecule has 30 heavy (non-hydrogen) atoms. The second-order valence-electron chi connectivity index (χ2n) is 7.25. The van der Waals surface area contributed by atoms with Crippen molar-refractivity contribution in [2.45, 2.75) is 19.9 Å². The van der Waals surface area contributed by atoms with Gasteiger partial charge in [0.1, 0.15) is 11.6 Å². The van der Waals surface area contributed by atoms with Crippen LogP contribution in [0, 0.1) is 5.82 Å². The zero-order valence-electron chi connectivity index (χ0n) is 17.3. The van der Waals surface area contributed by atoms with E-state index in [4.69, 9.17) is 4.74 Å². The van der Waals surface area contributed by atoms with Crippen molar-refractivity contribution in [1.82, 2.24) is 15.1 Å². The highest BCUT2D eigenvalue weighted by atomic mass is 19.1. The second-order valence-corrected chi connectivity index (χ2v) is 7.25. The molecule has 3 rings (SSSR count). The maximum absolute atomic E-state index is 13.1. The lowest BCUT2D eigenvalue weighted by molar-refractivity contribution is -0.130. The van der Waals surface area contributed by atoms with E-state index in [9.17, 15) is 14.0 Å². The molecule has 1 aliphatic heterocycles. The molecule has 2 aromatic carbocycles. The SMILES string of the molecule is CCOc1ccccc1C(=O)NCC(=O)N1CCCN(Cc2ccc(F)cc2)CC1. The standard InChI is InChI=1S/C23H28FN3O3/c1-2-30-21-7-4-3-6-20(21)23(29)25-16-22(28)27-13-5-12-26(14-15-27)17-18-8-10-19(24)11-9-18/h3-4,6-11H,2,5,12-17H2,1H3,(H,25,29). The fraction of sp³-hybridized carbons (Fsp3) is 0.391. The first-order chi connectivity index (χ1) is 14.6. The number of nitrogens with one attached hydrogen (secondary N) is 1. The second kappa shape index (κ2) is 10.7. The summed E-state index contributed by atoms with van der Waals surface area (Å²) in [6.45, 7) is 5.88. The molecule has 1 N–H and O–H groups in total. The summed E-state index contributed by atoms with van der Waals surface area (Å²) in [5.41, 5.74) is 1.48. The minimum absolute atomic E-state index is 0.0444. The predicted molar refractivity (Wildman–Crippen MR) is 113 cm³/mol. The Morgan fingerprint density at radius 3 is 2.57 bits per heavy atom. The van der Waals surface area contributed by atoms with Crippen LogP contribution in [0.25, 0.3) is 0 Å². The highest BCUT2D eigenvalue weighted by Crippen LogP contribution is 2.17. The van der Waals surface area contributed by atoms with Gasteiger partial charge in [0.2, 0.25) is 5.91 Å². The van der Waals surface area contributed by atoms with Gasteiger partial charge in [-0.1, -0.05) is 24.3 Å². The average molecular weight is 413 g/mol. The fourth-order valence-electron chi connectivity index (χ4n) is 3.52. The number of carbonyl (C=O) groups is 2. The largest absolute Gasteiger partial charge is 0.493 e.